The third-order valence-electron chi connectivity index (χ3n) is 3.12. The third-order valence-corrected chi connectivity index (χ3v) is 3.12. The van der Waals surface area contributed by atoms with E-state index in [0.29, 0.717) is 17.2 Å². The van der Waals surface area contributed by atoms with Crippen LogP contribution in [0.25, 0.3) is 0 Å². The molecule has 0 atom stereocenters. The minimum atomic E-state index is 0.422. The molecule has 0 saturated heterocycles. The van der Waals surface area contributed by atoms with E-state index in [1.807, 2.05) is 18.3 Å². The van der Waals surface area contributed by atoms with E-state index in [2.05, 4.69) is 29.4 Å². The summed E-state index contributed by atoms with van der Waals surface area (Å²) in [5.74, 6) is 1.14. The topological polar surface area (TPSA) is 57.9 Å². The van der Waals surface area contributed by atoms with Crippen LogP contribution in [0.3, 0.4) is 0 Å². The van der Waals surface area contributed by atoms with Crippen molar-refractivity contribution >= 4 is 5.69 Å². The number of pyridine rings is 1. The van der Waals surface area contributed by atoms with Gasteiger partial charge in [0.15, 0.2) is 5.75 Å². The number of nitrogens with one attached hydrogen (secondary N) is 1. The Bertz CT molecular complexity index is 729. The van der Waals surface area contributed by atoms with Gasteiger partial charge in [-0.3, -0.25) is 0 Å². The zero-order valence-corrected chi connectivity index (χ0v) is 11.1. The van der Waals surface area contributed by atoms with Gasteiger partial charge in [0.25, 0.3) is 0 Å². The second kappa shape index (κ2) is 5.06. The highest BCUT2D eigenvalue weighted by atomic mass is 16.5. The molecule has 0 saturated carbocycles. The van der Waals surface area contributed by atoms with Gasteiger partial charge in [0.1, 0.15) is 0 Å². The second-order valence-corrected chi connectivity index (χ2v) is 4.70. The van der Waals surface area contributed by atoms with Crippen molar-refractivity contribution in [3.05, 3.63) is 59.4 Å². The lowest BCUT2D eigenvalue weighted by Crippen LogP contribution is -2.05. The number of nitrogens with zero attached hydrogens (tertiary/aromatic N) is 2. The fourth-order valence-corrected chi connectivity index (χ4v) is 2.17. The van der Waals surface area contributed by atoms with Crippen molar-refractivity contribution in [1.29, 1.82) is 5.26 Å². The number of ether oxygens (including phenoxy) is 1. The summed E-state index contributed by atoms with van der Waals surface area (Å²) in [5, 5.41) is 12.1. The summed E-state index contributed by atoms with van der Waals surface area (Å²) in [7, 11) is 0. The lowest BCUT2D eigenvalue weighted by molar-refractivity contribution is 0.464. The molecule has 20 heavy (non-hydrogen) atoms. The molecule has 1 aromatic carbocycles. The number of hydrogen-bond donors (Lipinski definition) is 1. The zero-order chi connectivity index (χ0) is 13.9. The molecule has 0 amide bonds. The minimum Gasteiger partial charge on any atom is -0.437 e. The van der Waals surface area contributed by atoms with E-state index in [1.165, 1.54) is 11.1 Å². The number of benzene rings is 1. The second-order valence-electron chi connectivity index (χ2n) is 4.70. The van der Waals surface area contributed by atoms with Gasteiger partial charge in [-0.25, -0.2) is 4.98 Å². The average Bonchev–Trinajstić information content (AvgIpc) is 2.47. The number of nitriles is 1. The SMILES string of the molecule is CC1=CNc2c(cccc2Oc2cc(C#N)ccn2)C1. The lowest BCUT2D eigenvalue weighted by atomic mass is 10.0. The van der Waals surface area contributed by atoms with Crippen LogP contribution in [0, 0.1) is 11.3 Å². The molecule has 4 heteroatoms. The van der Waals surface area contributed by atoms with Crippen molar-refractivity contribution in [2.45, 2.75) is 13.3 Å². The number of anilines is 1. The van der Waals surface area contributed by atoms with Crippen molar-refractivity contribution in [2.24, 2.45) is 0 Å². The Morgan fingerprint density at radius 2 is 2.25 bits per heavy atom. The highest BCUT2D eigenvalue weighted by Crippen LogP contribution is 2.35. The Morgan fingerprint density at radius 1 is 1.35 bits per heavy atom. The number of hydrogen-bond acceptors (Lipinski definition) is 4. The summed E-state index contributed by atoms with van der Waals surface area (Å²) in [5.41, 5.74) is 3.96. The monoisotopic (exact) mass is 263 g/mol. The van der Waals surface area contributed by atoms with E-state index in [1.54, 1.807) is 18.3 Å². The summed E-state index contributed by atoms with van der Waals surface area (Å²) in [6, 6.07) is 11.3. The largest absolute Gasteiger partial charge is 0.437 e. The third kappa shape index (κ3) is 2.34. The maximum atomic E-state index is 8.90. The van der Waals surface area contributed by atoms with E-state index < -0.39 is 0 Å². The molecule has 1 aromatic heterocycles. The maximum Gasteiger partial charge on any atom is 0.220 e. The molecular weight excluding hydrogens is 250 g/mol. The molecule has 98 valence electrons. The van der Waals surface area contributed by atoms with E-state index in [9.17, 15) is 0 Å². The average molecular weight is 263 g/mol. The number of para-hydroxylation sites is 1. The summed E-state index contributed by atoms with van der Waals surface area (Å²) in [4.78, 5) is 4.13. The normalized spacial score (nSPS) is 12.7. The molecule has 0 spiro atoms. The fraction of sp³-hybridized carbons (Fsp3) is 0.125. The van der Waals surface area contributed by atoms with E-state index >= 15 is 0 Å². The van der Waals surface area contributed by atoms with Crippen LogP contribution in [0.4, 0.5) is 5.69 Å². The van der Waals surface area contributed by atoms with Gasteiger partial charge in [-0.2, -0.15) is 5.26 Å². The molecule has 1 aliphatic heterocycles. The highest BCUT2D eigenvalue weighted by Gasteiger charge is 2.14. The van der Waals surface area contributed by atoms with Gasteiger partial charge in [-0.1, -0.05) is 17.7 Å². The van der Waals surface area contributed by atoms with Crippen molar-refractivity contribution in [2.75, 3.05) is 5.32 Å². The molecule has 0 aliphatic carbocycles. The number of fused-ring (bicyclic) bond motifs is 1. The first kappa shape index (κ1) is 12.2. The predicted molar refractivity (Wildman–Crippen MR) is 76.6 cm³/mol. The van der Waals surface area contributed by atoms with Gasteiger partial charge < -0.3 is 10.1 Å². The molecule has 1 aliphatic rings. The van der Waals surface area contributed by atoms with Gasteiger partial charge in [0, 0.05) is 18.5 Å². The Morgan fingerprint density at radius 3 is 3.10 bits per heavy atom. The molecule has 2 aromatic rings. The molecule has 1 N–H and O–H groups in total. The first-order chi connectivity index (χ1) is 9.76. The molecule has 4 nitrogen and oxygen atoms in total. The summed E-state index contributed by atoms with van der Waals surface area (Å²) in [6.45, 7) is 2.08. The Balaban J connectivity index is 1.93. The molecular formula is C16H13N3O. The zero-order valence-electron chi connectivity index (χ0n) is 11.1. The van der Waals surface area contributed by atoms with Crippen LogP contribution in [0.1, 0.15) is 18.1 Å². The first-order valence-corrected chi connectivity index (χ1v) is 6.34. The molecule has 0 bridgehead atoms. The smallest absolute Gasteiger partial charge is 0.220 e. The van der Waals surface area contributed by atoms with Crippen LogP contribution in [0.5, 0.6) is 11.6 Å². The highest BCUT2D eigenvalue weighted by molar-refractivity contribution is 5.67. The van der Waals surface area contributed by atoms with Crippen LogP contribution in [0.15, 0.2) is 48.3 Å². The standard InChI is InChI=1S/C16H13N3O/c1-11-7-13-3-2-4-14(16(13)19-10-11)20-15-8-12(9-17)5-6-18-15/h2-6,8,10,19H,7H2,1H3. The van der Waals surface area contributed by atoms with E-state index in [4.69, 9.17) is 10.00 Å². The van der Waals surface area contributed by atoms with Crippen molar-refractivity contribution in [3.63, 3.8) is 0 Å². The lowest BCUT2D eigenvalue weighted by Gasteiger charge is -2.19. The van der Waals surface area contributed by atoms with Crippen LogP contribution in [0.2, 0.25) is 0 Å². The van der Waals surface area contributed by atoms with E-state index in [-0.39, 0.29) is 0 Å². The first-order valence-electron chi connectivity index (χ1n) is 6.34. The Kier molecular flexibility index (Phi) is 3.10. The summed E-state index contributed by atoms with van der Waals surface area (Å²) >= 11 is 0. The quantitative estimate of drug-likeness (QED) is 0.899. The van der Waals surface area contributed by atoms with Gasteiger partial charge in [0.05, 0.1) is 17.3 Å². The maximum absolute atomic E-state index is 8.90. The summed E-state index contributed by atoms with van der Waals surface area (Å²) in [6.07, 6.45) is 4.46. The predicted octanol–water partition coefficient (Wildman–Crippen LogP) is 3.62. The van der Waals surface area contributed by atoms with Gasteiger partial charge in [-0.05, 0) is 31.0 Å². The van der Waals surface area contributed by atoms with Crippen molar-refractivity contribution in [3.8, 4) is 17.7 Å². The van der Waals surface area contributed by atoms with Gasteiger partial charge >= 0.3 is 0 Å². The van der Waals surface area contributed by atoms with Crippen molar-refractivity contribution in [1.82, 2.24) is 4.98 Å². The summed E-state index contributed by atoms with van der Waals surface area (Å²) < 4.78 is 5.80. The number of allylic oxidation sites excluding steroid dienone is 1. The molecule has 0 radical (unpaired) electrons. The molecule has 3 rings (SSSR count). The van der Waals surface area contributed by atoms with Crippen LogP contribution < -0.4 is 10.1 Å². The number of aromatic nitrogens is 1. The van der Waals surface area contributed by atoms with Crippen LogP contribution >= 0.6 is 0 Å². The van der Waals surface area contributed by atoms with Crippen LogP contribution in [-0.2, 0) is 6.42 Å². The number of rotatable bonds is 2. The Labute approximate surface area is 117 Å². The molecule has 2 heterocycles. The van der Waals surface area contributed by atoms with Crippen LogP contribution in [-0.4, -0.2) is 4.98 Å². The van der Waals surface area contributed by atoms with Gasteiger partial charge in [-0.15, -0.1) is 0 Å². The minimum absolute atomic E-state index is 0.422. The van der Waals surface area contributed by atoms with Gasteiger partial charge in [0.2, 0.25) is 5.88 Å². The molecule has 0 fully saturated rings. The van der Waals surface area contributed by atoms with Crippen molar-refractivity contribution < 1.29 is 4.74 Å². The van der Waals surface area contributed by atoms with E-state index in [0.717, 1.165) is 12.1 Å². The molecule has 0 unspecified atom stereocenters. The Hall–Kier alpha value is -2.80. The fourth-order valence-electron chi connectivity index (χ4n) is 2.17.